The third-order valence-corrected chi connectivity index (χ3v) is 3.94. The van der Waals surface area contributed by atoms with Crippen LogP contribution >= 0.6 is 0 Å². The lowest BCUT2D eigenvalue weighted by atomic mass is 10.1. The van der Waals surface area contributed by atoms with Crippen LogP contribution in [0.1, 0.15) is 34.0 Å². The number of aryl methyl sites for hydroxylation is 1. The van der Waals surface area contributed by atoms with Gasteiger partial charge in [-0.1, -0.05) is 30.3 Å². The smallest absolute Gasteiger partial charge is 0.341 e. The Kier molecular flexibility index (Phi) is 4.00. The van der Waals surface area contributed by atoms with Crippen LogP contribution in [-0.2, 0) is 11.2 Å². The molecule has 1 aliphatic rings. The van der Waals surface area contributed by atoms with Crippen molar-refractivity contribution < 1.29 is 19.0 Å². The van der Waals surface area contributed by atoms with Gasteiger partial charge in [-0.05, 0) is 36.1 Å². The summed E-state index contributed by atoms with van der Waals surface area (Å²) in [5.41, 5.74) is 2.84. The summed E-state index contributed by atoms with van der Waals surface area (Å²) < 4.78 is 16.3. The van der Waals surface area contributed by atoms with Crippen molar-refractivity contribution in [3.63, 3.8) is 0 Å². The van der Waals surface area contributed by atoms with Gasteiger partial charge in [0.1, 0.15) is 11.7 Å². The highest BCUT2D eigenvalue weighted by Gasteiger charge is 2.27. The molecule has 0 amide bonds. The Bertz CT molecular complexity index is 693. The fourth-order valence-electron chi connectivity index (χ4n) is 2.85. The van der Waals surface area contributed by atoms with Crippen LogP contribution in [0.3, 0.4) is 0 Å². The number of hydrogen-bond acceptors (Lipinski definition) is 4. The quantitative estimate of drug-likeness (QED) is 0.810. The largest absolute Gasteiger partial charge is 0.493 e. The van der Waals surface area contributed by atoms with Crippen molar-refractivity contribution in [3.8, 4) is 11.5 Å². The summed E-state index contributed by atoms with van der Waals surface area (Å²) in [6.45, 7) is 0. The van der Waals surface area contributed by atoms with Gasteiger partial charge < -0.3 is 14.2 Å². The number of carbonyl (C=O) groups is 1. The van der Waals surface area contributed by atoms with Crippen molar-refractivity contribution in [1.29, 1.82) is 0 Å². The standard InChI is InChI=1S/C18H18O4/c1-20-16-9-5-8-14(18(19)21-2)17(16)22-15-11-10-12-6-3-4-7-13(12)15/h3-9,15H,10-11H2,1-2H3. The van der Waals surface area contributed by atoms with E-state index in [0.29, 0.717) is 17.1 Å². The predicted molar refractivity (Wildman–Crippen MR) is 82.5 cm³/mol. The minimum Gasteiger partial charge on any atom is -0.493 e. The van der Waals surface area contributed by atoms with Crippen LogP contribution in [0.2, 0.25) is 0 Å². The Morgan fingerprint density at radius 2 is 1.91 bits per heavy atom. The van der Waals surface area contributed by atoms with Gasteiger partial charge in [0.15, 0.2) is 11.5 Å². The Balaban J connectivity index is 1.97. The monoisotopic (exact) mass is 298 g/mol. The molecule has 0 heterocycles. The summed E-state index contributed by atoms with van der Waals surface area (Å²) >= 11 is 0. The highest BCUT2D eigenvalue weighted by Crippen LogP contribution is 2.40. The molecule has 0 N–H and O–H groups in total. The molecule has 0 bridgehead atoms. The van der Waals surface area contributed by atoms with Crippen LogP contribution in [0.4, 0.5) is 0 Å². The maximum atomic E-state index is 12.0. The lowest BCUT2D eigenvalue weighted by Gasteiger charge is -2.19. The molecule has 0 aliphatic heterocycles. The van der Waals surface area contributed by atoms with Gasteiger partial charge in [0.05, 0.1) is 14.2 Å². The van der Waals surface area contributed by atoms with Gasteiger partial charge in [-0.15, -0.1) is 0 Å². The molecule has 4 nitrogen and oxygen atoms in total. The number of ether oxygens (including phenoxy) is 3. The van der Waals surface area contributed by atoms with Crippen LogP contribution < -0.4 is 9.47 Å². The van der Waals surface area contributed by atoms with E-state index in [1.165, 1.54) is 18.2 Å². The molecule has 0 aromatic heterocycles. The fraction of sp³-hybridized carbons (Fsp3) is 0.278. The Morgan fingerprint density at radius 3 is 2.68 bits per heavy atom. The van der Waals surface area contributed by atoms with E-state index in [2.05, 4.69) is 12.1 Å². The van der Waals surface area contributed by atoms with E-state index in [0.717, 1.165) is 12.8 Å². The lowest BCUT2D eigenvalue weighted by Crippen LogP contribution is -2.10. The molecule has 0 saturated carbocycles. The zero-order chi connectivity index (χ0) is 15.5. The lowest BCUT2D eigenvalue weighted by molar-refractivity contribution is 0.0591. The van der Waals surface area contributed by atoms with Crippen LogP contribution in [0.25, 0.3) is 0 Å². The average molecular weight is 298 g/mol. The zero-order valence-electron chi connectivity index (χ0n) is 12.7. The molecule has 1 unspecified atom stereocenters. The minimum absolute atomic E-state index is 0.0732. The fourth-order valence-corrected chi connectivity index (χ4v) is 2.85. The average Bonchev–Trinajstić information content (AvgIpc) is 2.97. The van der Waals surface area contributed by atoms with Crippen LogP contribution in [0.5, 0.6) is 11.5 Å². The normalized spacial score (nSPS) is 16.0. The highest BCUT2D eigenvalue weighted by atomic mass is 16.5. The number of methoxy groups -OCH3 is 2. The van der Waals surface area contributed by atoms with Crippen molar-refractivity contribution in [2.75, 3.05) is 14.2 Å². The summed E-state index contributed by atoms with van der Waals surface area (Å²) in [7, 11) is 2.92. The van der Waals surface area contributed by atoms with Crippen molar-refractivity contribution in [3.05, 3.63) is 59.2 Å². The first-order chi connectivity index (χ1) is 10.7. The second-order valence-corrected chi connectivity index (χ2v) is 5.17. The number of carbonyl (C=O) groups excluding carboxylic acids is 1. The van der Waals surface area contributed by atoms with Crippen LogP contribution in [-0.4, -0.2) is 20.2 Å². The number of para-hydroxylation sites is 1. The first-order valence-electron chi connectivity index (χ1n) is 7.24. The molecule has 2 aromatic rings. The summed E-state index contributed by atoms with van der Waals surface area (Å²) in [5, 5.41) is 0. The van der Waals surface area contributed by atoms with Gasteiger partial charge in [0.2, 0.25) is 0 Å². The summed E-state index contributed by atoms with van der Waals surface area (Å²) in [4.78, 5) is 12.0. The number of rotatable bonds is 4. The zero-order valence-corrected chi connectivity index (χ0v) is 12.7. The molecule has 0 spiro atoms. The molecule has 2 aromatic carbocycles. The topological polar surface area (TPSA) is 44.8 Å². The van der Waals surface area contributed by atoms with Crippen molar-refractivity contribution >= 4 is 5.97 Å². The van der Waals surface area contributed by atoms with E-state index in [1.807, 2.05) is 12.1 Å². The third-order valence-electron chi connectivity index (χ3n) is 3.94. The molecule has 114 valence electrons. The summed E-state index contributed by atoms with van der Waals surface area (Å²) in [6, 6.07) is 13.4. The number of hydrogen-bond donors (Lipinski definition) is 0. The molecule has 22 heavy (non-hydrogen) atoms. The van der Waals surface area contributed by atoms with E-state index >= 15 is 0 Å². The Morgan fingerprint density at radius 1 is 1.09 bits per heavy atom. The summed E-state index contributed by atoms with van der Waals surface area (Å²) in [6.07, 6.45) is 1.79. The number of fused-ring (bicyclic) bond motifs is 1. The second-order valence-electron chi connectivity index (χ2n) is 5.17. The predicted octanol–water partition coefficient (Wildman–Crippen LogP) is 3.55. The molecule has 1 aliphatic carbocycles. The Labute approximate surface area is 129 Å². The number of benzene rings is 2. The van der Waals surface area contributed by atoms with Gasteiger partial charge in [0.25, 0.3) is 0 Å². The van der Waals surface area contributed by atoms with Gasteiger partial charge in [-0.2, -0.15) is 0 Å². The van der Waals surface area contributed by atoms with Gasteiger partial charge in [0, 0.05) is 0 Å². The molecular formula is C18H18O4. The molecular weight excluding hydrogens is 280 g/mol. The minimum atomic E-state index is -0.430. The second kappa shape index (κ2) is 6.10. The first kappa shape index (κ1) is 14.4. The molecule has 1 atom stereocenters. The van der Waals surface area contributed by atoms with Crippen molar-refractivity contribution in [1.82, 2.24) is 0 Å². The first-order valence-corrected chi connectivity index (χ1v) is 7.24. The van der Waals surface area contributed by atoms with Gasteiger partial charge >= 0.3 is 5.97 Å². The van der Waals surface area contributed by atoms with E-state index in [4.69, 9.17) is 14.2 Å². The maximum absolute atomic E-state index is 12.0. The summed E-state index contributed by atoms with van der Waals surface area (Å²) in [5.74, 6) is 0.547. The van der Waals surface area contributed by atoms with Crippen LogP contribution in [0.15, 0.2) is 42.5 Å². The highest BCUT2D eigenvalue weighted by molar-refractivity contribution is 5.93. The van der Waals surface area contributed by atoms with E-state index in [1.54, 1.807) is 25.3 Å². The van der Waals surface area contributed by atoms with Crippen molar-refractivity contribution in [2.24, 2.45) is 0 Å². The molecule has 0 fully saturated rings. The molecule has 4 heteroatoms. The molecule has 0 radical (unpaired) electrons. The third kappa shape index (κ3) is 2.52. The van der Waals surface area contributed by atoms with Gasteiger partial charge in [-0.3, -0.25) is 0 Å². The van der Waals surface area contributed by atoms with Gasteiger partial charge in [-0.25, -0.2) is 4.79 Å². The van der Waals surface area contributed by atoms with E-state index < -0.39 is 5.97 Å². The Hall–Kier alpha value is -2.49. The molecule has 0 saturated heterocycles. The van der Waals surface area contributed by atoms with Crippen molar-refractivity contribution in [2.45, 2.75) is 18.9 Å². The van der Waals surface area contributed by atoms with E-state index in [-0.39, 0.29) is 6.10 Å². The number of esters is 1. The van der Waals surface area contributed by atoms with E-state index in [9.17, 15) is 4.79 Å². The molecule has 3 rings (SSSR count). The maximum Gasteiger partial charge on any atom is 0.341 e. The SMILES string of the molecule is COC(=O)c1cccc(OC)c1OC1CCc2ccccc21. The van der Waals surface area contributed by atoms with Crippen LogP contribution in [0, 0.1) is 0 Å².